The van der Waals surface area contributed by atoms with Crippen molar-refractivity contribution in [3.63, 3.8) is 0 Å². The van der Waals surface area contributed by atoms with E-state index in [0.717, 1.165) is 4.80 Å². The van der Waals surface area contributed by atoms with Gasteiger partial charge in [0.15, 0.2) is 0 Å². The van der Waals surface area contributed by atoms with Crippen LogP contribution in [0.4, 0.5) is 0 Å². The Kier molecular flexibility index (Phi) is 6.70. The number of nitrogens with zero attached hydrogens (tertiary/aromatic N) is 4. The van der Waals surface area contributed by atoms with E-state index in [1.807, 2.05) is 0 Å². The number of methoxy groups -OCH3 is 2. The highest BCUT2D eigenvalue weighted by Gasteiger charge is 2.16. The average Bonchev–Trinajstić information content (AvgIpc) is 3.21. The van der Waals surface area contributed by atoms with Crippen LogP contribution >= 0.6 is 23.2 Å². The number of aromatic nitrogens is 4. The van der Waals surface area contributed by atoms with Crippen LogP contribution < -0.4 is 20.3 Å². The molecule has 0 saturated heterocycles. The number of ether oxygens (including phenoxy) is 2. The third-order valence-corrected chi connectivity index (χ3v) is 4.72. The molecular weight excluding hydrogens is 435 g/mol. The molecule has 1 heterocycles. The number of tetrazole rings is 1. The Labute approximate surface area is 181 Å². The predicted octanol–water partition coefficient (Wildman–Crippen LogP) is 2.13. The van der Waals surface area contributed by atoms with Gasteiger partial charge < -0.3 is 9.47 Å². The second kappa shape index (κ2) is 9.42. The SMILES string of the molecule is COc1ccc(OC)c(C(=O)NNC(=O)Cn2nnc(-c3cccc(Cl)c3Cl)n2)c1. The fraction of sp³-hybridized carbons (Fsp3) is 0.167. The van der Waals surface area contributed by atoms with Gasteiger partial charge in [0, 0.05) is 5.56 Å². The first-order valence-electron chi connectivity index (χ1n) is 8.46. The summed E-state index contributed by atoms with van der Waals surface area (Å²) in [4.78, 5) is 25.6. The molecule has 0 aliphatic carbocycles. The van der Waals surface area contributed by atoms with Crippen LogP contribution in [-0.2, 0) is 11.3 Å². The molecule has 0 aliphatic rings. The van der Waals surface area contributed by atoms with Gasteiger partial charge in [0.25, 0.3) is 11.8 Å². The van der Waals surface area contributed by atoms with Crippen molar-refractivity contribution in [3.8, 4) is 22.9 Å². The molecule has 12 heteroatoms. The molecule has 0 unspecified atom stereocenters. The first-order valence-corrected chi connectivity index (χ1v) is 9.22. The minimum Gasteiger partial charge on any atom is -0.497 e. The van der Waals surface area contributed by atoms with Gasteiger partial charge in [-0.15, -0.1) is 10.2 Å². The first kappa shape index (κ1) is 21.3. The highest BCUT2D eigenvalue weighted by molar-refractivity contribution is 6.43. The number of carbonyl (C=O) groups is 2. The van der Waals surface area contributed by atoms with Crippen LogP contribution in [0.25, 0.3) is 11.4 Å². The second-order valence-electron chi connectivity index (χ2n) is 5.81. The van der Waals surface area contributed by atoms with Crippen LogP contribution in [0.1, 0.15) is 10.4 Å². The Bertz CT molecular complexity index is 1090. The lowest BCUT2D eigenvalue weighted by Gasteiger charge is -2.11. The molecule has 2 N–H and O–H groups in total. The smallest absolute Gasteiger partial charge is 0.273 e. The van der Waals surface area contributed by atoms with Crippen LogP contribution in [0.3, 0.4) is 0 Å². The van der Waals surface area contributed by atoms with E-state index in [1.54, 1.807) is 30.3 Å². The maximum atomic E-state index is 12.4. The third-order valence-electron chi connectivity index (χ3n) is 3.90. The van der Waals surface area contributed by atoms with E-state index in [9.17, 15) is 9.59 Å². The molecule has 3 aromatic rings. The Balaban J connectivity index is 1.62. The highest BCUT2D eigenvalue weighted by atomic mass is 35.5. The Morgan fingerprint density at radius 1 is 1.10 bits per heavy atom. The van der Waals surface area contributed by atoms with Gasteiger partial charge in [0.05, 0.1) is 29.8 Å². The summed E-state index contributed by atoms with van der Waals surface area (Å²) in [6, 6.07) is 9.72. The fourth-order valence-corrected chi connectivity index (χ4v) is 2.83. The predicted molar refractivity (Wildman–Crippen MR) is 108 cm³/mol. The standard InChI is InChI=1S/C18H16Cl2N6O4/c1-29-10-6-7-14(30-2)12(8-10)18(28)23-21-15(27)9-26-24-17(22-25-26)11-4-3-5-13(19)16(11)20/h3-8H,9H2,1-2H3,(H,21,27)(H,23,28). The summed E-state index contributed by atoms with van der Waals surface area (Å²) in [5.74, 6) is -0.168. The van der Waals surface area contributed by atoms with Gasteiger partial charge in [-0.1, -0.05) is 29.3 Å². The molecule has 0 atom stereocenters. The van der Waals surface area contributed by atoms with Gasteiger partial charge in [-0.3, -0.25) is 20.4 Å². The number of hydrazine groups is 1. The molecule has 0 saturated carbocycles. The monoisotopic (exact) mass is 450 g/mol. The van der Waals surface area contributed by atoms with Crippen molar-refractivity contribution in [3.05, 3.63) is 52.0 Å². The van der Waals surface area contributed by atoms with Gasteiger partial charge in [-0.2, -0.15) is 4.80 Å². The van der Waals surface area contributed by atoms with Gasteiger partial charge in [0.1, 0.15) is 18.0 Å². The molecule has 1 aromatic heterocycles. The molecule has 2 amide bonds. The van der Waals surface area contributed by atoms with Gasteiger partial charge >= 0.3 is 0 Å². The zero-order valence-corrected chi connectivity index (χ0v) is 17.4. The number of halogens is 2. The van der Waals surface area contributed by atoms with Crippen LogP contribution in [0.15, 0.2) is 36.4 Å². The topological polar surface area (TPSA) is 120 Å². The van der Waals surface area contributed by atoms with Crippen molar-refractivity contribution in [2.45, 2.75) is 6.54 Å². The summed E-state index contributed by atoms with van der Waals surface area (Å²) < 4.78 is 10.2. The van der Waals surface area contributed by atoms with Crippen molar-refractivity contribution in [1.29, 1.82) is 0 Å². The summed E-state index contributed by atoms with van der Waals surface area (Å²) in [6.45, 7) is -0.291. The minimum absolute atomic E-state index is 0.189. The second-order valence-corrected chi connectivity index (χ2v) is 6.60. The van der Waals surface area contributed by atoms with Crippen LogP contribution in [0.5, 0.6) is 11.5 Å². The lowest BCUT2D eigenvalue weighted by Crippen LogP contribution is -2.43. The van der Waals surface area contributed by atoms with E-state index in [1.165, 1.54) is 20.3 Å². The molecule has 156 valence electrons. The molecule has 0 aliphatic heterocycles. The zero-order valence-electron chi connectivity index (χ0n) is 15.8. The van der Waals surface area contributed by atoms with Crippen molar-refractivity contribution in [2.24, 2.45) is 0 Å². The fourth-order valence-electron chi connectivity index (χ4n) is 2.45. The average molecular weight is 451 g/mol. The summed E-state index contributed by atoms with van der Waals surface area (Å²) in [5, 5.41) is 12.4. The Morgan fingerprint density at radius 2 is 1.90 bits per heavy atom. The molecular formula is C18H16Cl2N6O4. The summed E-state index contributed by atoms with van der Waals surface area (Å²) in [5.41, 5.74) is 5.24. The van der Waals surface area contributed by atoms with Crippen LogP contribution in [-0.4, -0.2) is 46.2 Å². The van der Waals surface area contributed by atoms with Crippen molar-refractivity contribution in [2.75, 3.05) is 14.2 Å². The summed E-state index contributed by atoms with van der Waals surface area (Å²) >= 11 is 12.1. The number of nitrogens with one attached hydrogen (secondary N) is 2. The molecule has 0 bridgehead atoms. The lowest BCUT2D eigenvalue weighted by atomic mass is 10.2. The lowest BCUT2D eigenvalue weighted by molar-refractivity contribution is -0.122. The number of benzene rings is 2. The molecule has 3 rings (SSSR count). The molecule has 0 fully saturated rings. The Morgan fingerprint density at radius 3 is 2.63 bits per heavy atom. The number of rotatable bonds is 6. The van der Waals surface area contributed by atoms with E-state index in [-0.39, 0.29) is 23.0 Å². The van der Waals surface area contributed by atoms with E-state index in [0.29, 0.717) is 22.1 Å². The zero-order chi connectivity index (χ0) is 21.7. The molecule has 2 aromatic carbocycles. The van der Waals surface area contributed by atoms with Crippen molar-refractivity contribution < 1.29 is 19.1 Å². The summed E-state index contributed by atoms with van der Waals surface area (Å²) in [7, 11) is 2.90. The maximum Gasteiger partial charge on any atom is 0.273 e. The van der Waals surface area contributed by atoms with Gasteiger partial charge in [0.2, 0.25) is 5.82 Å². The van der Waals surface area contributed by atoms with E-state index in [4.69, 9.17) is 32.7 Å². The highest BCUT2D eigenvalue weighted by Crippen LogP contribution is 2.31. The van der Waals surface area contributed by atoms with E-state index in [2.05, 4.69) is 26.3 Å². The third kappa shape index (κ3) is 4.78. The first-order chi connectivity index (χ1) is 14.4. The van der Waals surface area contributed by atoms with Crippen LogP contribution in [0, 0.1) is 0 Å². The van der Waals surface area contributed by atoms with E-state index >= 15 is 0 Å². The molecule has 0 spiro atoms. The normalized spacial score (nSPS) is 10.4. The number of carbonyl (C=O) groups excluding carboxylic acids is 2. The largest absolute Gasteiger partial charge is 0.497 e. The van der Waals surface area contributed by atoms with Gasteiger partial charge in [-0.25, -0.2) is 0 Å². The van der Waals surface area contributed by atoms with Gasteiger partial charge in [-0.05, 0) is 35.5 Å². The maximum absolute atomic E-state index is 12.4. The molecule has 10 nitrogen and oxygen atoms in total. The van der Waals surface area contributed by atoms with Crippen molar-refractivity contribution in [1.82, 2.24) is 31.1 Å². The Hall–Kier alpha value is -3.37. The minimum atomic E-state index is -0.586. The van der Waals surface area contributed by atoms with E-state index < -0.39 is 11.8 Å². The molecule has 30 heavy (non-hydrogen) atoms. The van der Waals surface area contributed by atoms with Crippen molar-refractivity contribution >= 4 is 35.0 Å². The van der Waals surface area contributed by atoms with Crippen LogP contribution in [0.2, 0.25) is 10.0 Å². The number of hydrogen-bond donors (Lipinski definition) is 2. The number of amides is 2. The number of hydrogen-bond acceptors (Lipinski definition) is 7. The summed E-state index contributed by atoms with van der Waals surface area (Å²) in [6.07, 6.45) is 0. The molecule has 0 radical (unpaired) electrons. The quantitative estimate of drug-likeness (QED) is 0.551.